The summed E-state index contributed by atoms with van der Waals surface area (Å²) in [6.45, 7) is 0. The predicted octanol–water partition coefficient (Wildman–Crippen LogP) is 2.16. The molecule has 0 bridgehead atoms. The quantitative estimate of drug-likeness (QED) is 0.810. The summed E-state index contributed by atoms with van der Waals surface area (Å²) in [5, 5.41) is 0. The van der Waals surface area contributed by atoms with Crippen molar-refractivity contribution in [3.8, 4) is 11.1 Å². The van der Waals surface area contributed by atoms with Gasteiger partial charge in [0.25, 0.3) is 0 Å². The van der Waals surface area contributed by atoms with Gasteiger partial charge in [0.15, 0.2) is 0 Å². The molecular weight excluding hydrogens is 212 g/mol. The van der Waals surface area contributed by atoms with Crippen LogP contribution in [0.2, 0.25) is 0 Å². The van der Waals surface area contributed by atoms with E-state index in [2.05, 4.69) is 4.98 Å². The molecule has 0 saturated carbocycles. The number of nitrogens with two attached hydrogens (primary N) is 1. The normalized spacial score (nSPS) is 14.6. The van der Waals surface area contributed by atoms with Gasteiger partial charge in [0, 0.05) is 17.5 Å². The number of nitrogens with zero attached hydrogens (tertiary/aromatic N) is 1. The van der Waals surface area contributed by atoms with Gasteiger partial charge in [0.1, 0.15) is 0 Å². The van der Waals surface area contributed by atoms with Gasteiger partial charge >= 0.3 is 0 Å². The first-order valence-electron chi connectivity index (χ1n) is 5.96. The zero-order chi connectivity index (χ0) is 11.8. The minimum atomic E-state index is -0.360. The Morgan fingerprint density at radius 1 is 1.24 bits per heavy atom. The zero-order valence-corrected chi connectivity index (χ0v) is 9.57. The maximum Gasteiger partial charge on any atom is 0.248 e. The van der Waals surface area contributed by atoms with Gasteiger partial charge in [-0.25, -0.2) is 0 Å². The van der Waals surface area contributed by atoms with Gasteiger partial charge < -0.3 is 5.73 Å². The summed E-state index contributed by atoms with van der Waals surface area (Å²) in [6, 6.07) is 5.72. The van der Waals surface area contributed by atoms with Crippen LogP contribution in [-0.4, -0.2) is 10.9 Å². The fourth-order valence-corrected chi connectivity index (χ4v) is 2.60. The van der Waals surface area contributed by atoms with Crippen LogP contribution in [0.5, 0.6) is 0 Å². The first-order valence-corrected chi connectivity index (χ1v) is 5.96. The summed E-state index contributed by atoms with van der Waals surface area (Å²) in [4.78, 5) is 15.7. The van der Waals surface area contributed by atoms with Gasteiger partial charge in [-0.1, -0.05) is 0 Å². The number of aromatic nitrogens is 1. The molecule has 0 radical (unpaired) electrons. The molecule has 1 amide bonds. The lowest BCUT2D eigenvalue weighted by Gasteiger charge is -2.13. The van der Waals surface area contributed by atoms with Crippen LogP contribution in [0, 0.1) is 0 Å². The molecule has 3 heteroatoms. The van der Waals surface area contributed by atoms with Crippen LogP contribution in [0.4, 0.5) is 0 Å². The second kappa shape index (κ2) is 3.84. The third-order valence-electron chi connectivity index (χ3n) is 3.45. The Balaban J connectivity index is 2.26. The molecule has 2 N–H and O–H groups in total. The van der Waals surface area contributed by atoms with E-state index in [4.69, 9.17) is 5.73 Å². The lowest BCUT2D eigenvalue weighted by Crippen LogP contribution is -2.09. The molecule has 0 aromatic heterocycles. The Bertz CT molecular complexity index is 563. The number of rotatable bonds is 1. The second-order valence-electron chi connectivity index (χ2n) is 4.55. The van der Waals surface area contributed by atoms with Gasteiger partial charge in [0.2, 0.25) is 5.91 Å². The average molecular weight is 226 g/mol. The highest BCUT2D eigenvalue weighted by molar-refractivity contribution is 5.97. The zero-order valence-electron chi connectivity index (χ0n) is 9.57. The molecule has 86 valence electrons. The van der Waals surface area contributed by atoms with Crippen molar-refractivity contribution in [3.63, 3.8) is 0 Å². The number of primary amides is 1. The minimum Gasteiger partial charge on any atom is -0.366 e. The summed E-state index contributed by atoms with van der Waals surface area (Å²) in [6.07, 6.45) is 6.32. The lowest BCUT2D eigenvalue weighted by atomic mass is 9.92. The number of carbonyl (C=O) groups is 1. The summed E-state index contributed by atoms with van der Waals surface area (Å²) < 4.78 is 0. The van der Waals surface area contributed by atoms with Crippen molar-refractivity contribution in [1.29, 1.82) is 0 Å². The van der Waals surface area contributed by atoms with Gasteiger partial charge in [0.05, 0.1) is 0 Å². The van der Waals surface area contributed by atoms with E-state index < -0.39 is 0 Å². The number of hydrogen-bond donors (Lipinski definition) is 1. The van der Waals surface area contributed by atoms with E-state index in [-0.39, 0.29) is 5.91 Å². The number of amides is 1. The van der Waals surface area contributed by atoms with E-state index >= 15 is 0 Å². The Morgan fingerprint density at radius 2 is 2.06 bits per heavy atom. The van der Waals surface area contributed by atoms with Crippen molar-refractivity contribution < 1.29 is 4.79 Å². The Morgan fingerprint density at radius 3 is 2.88 bits per heavy atom. The fraction of sp³-hybridized carbons (Fsp3) is 0.286. The third kappa shape index (κ3) is 1.68. The highest BCUT2D eigenvalue weighted by Gasteiger charge is 2.18. The predicted molar refractivity (Wildman–Crippen MR) is 66.0 cm³/mol. The monoisotopic (exact) mass is 226 g/mol. The molecule has 0 aromatic carbocycles. The summed E-state index contributed by atoms with van der Waals surface area (Å²) in [5.74, 6) is -0.360. The molecule has 3 rings (SSSR count). The standard InChI is InChI=1S/C14H14N2O/c15-14(17)10-7-9-5-6-16-13-4-2-1-3-11(13)12(9)8-10/h5-8H,1-4H2,(H2,15,17). The summed E-state index contributed by atoms with van der Waals surface area (Å²) in [5.41, 5.74) is 10.6. The van der Waals surface area contributed by atoms with Gasteiger partial charge in [-0.2, -0.15) is 0 Å². The second-order valence-corrected chi connectivity index (χ2v) is 4.55. The van der Waals surface area contributed by atoms with Crippen LogP contribution in [-0.2, 0) is 12.8 Å². The van der Waals surface area contributed by atoms with Crippen molar-refractivity contribution in [2.24, 2.45) is 5.73 Å². The van der Waals surface area contributed by atoms with E-state index in [1.165, 1.54) is 24.1 Å². The smallest absolute Gasteiger partial charge is 0.248 e. The van der Waals surface area contributed by atoms with Gasteiger partial charge in [-0.05, 0) is 60.6 Å². The van der Waals surface area contributed by atoms with Crippen LogP contribution in [0.15, 0.2) is 24.4 Å². The Hall–Kier alpha value is -1.90. The number of fused-ring (bicyclic) bond motifs is 3. The first kappa shape index (κ1) is 10.3. The largest absolute Gasteiger partial charge is 0.366 e. The third-order valence-corrected chi connectivity index (χ3v) is 3.45. The van der Waals surface area contributed by atoms with E-state index in [9.17, 15) is 4.79 Å². The fourth-order valence-electron chi connectivity index (χ4n) is 2.60. The van der Waals surface area contributed by atoms with E-state index in [1.54, 1.807) is 0 Å². The van der Waals surface area contributed by atoms with Crippen LogP contribution in [0.25, 0.3) is 11.1 Å². The van der Waals surface area contributed by atoms with E-state index in [0.717, 1.165) is 24.0 Å². The van der Waals surface area contributed by atoms with Crippen molar-refractivity contribution in [2.75, 3.05) is 0 Å². The molecule has 0 unspecified atom stereocenters. The molecule has 3 nitrogen and oxygen atoms in total. The van der Waals surface area contributed by atoms with Crippen LogP contribution < -0.4 is 5.73 Å². The van der Waals surface area contributed by atoms with Gasteiger partial charge in [-0.3, -0.25) is 9.78 Å². The van der Waals surface area contributed by atoms with Crippen LogP contribution >= 0.6 is 0 Å². The van der Waals surface area contributed by atoms with Crippen molar-refractivity contribution >= 4 is 5.91 Å². The topological polar surface area (TPSA) is 56.0 Å². The molecule has 0 spiro atoms. The summed E-state index contributed by atoms with van der Waals surface area (Å²) in [7, 11) is 0. The molecular formula is C14H14N2O. The SMILES string of the molecule is NC(=O)c1cc2ccnc3c(c-2c1)CCCC3. The Kier molecular flexibility index (Phi) is 2.32. The maximum absolute atomic E-state index is 11.2. The molecule has 2 aliphatic carbocycles. The molecule has 0 atom stereocenters. The van der Waals surface area contributed by atoms with Crippen molar-refractivity contribution in [1.82, 2.24) is 4.98 Å². The molecule has 17 heavy (non-hydrogen) atoms. The molecule has 3 aliphatic rings. The van der Waals surface area contributed by atoms with Crippen LogP contribution in [0.1, 0.15) is 34.5 Å². The molecule has 0 aromatic rings. The van der Waals surface area contributed by atoms with E-state index in [1.807, 2.05) is 24.4 Å². The Labute approximate surface area is 100 Å². The molecule has 1 heterocycles. The first-order chi connectivity index (χ1) is 8.25. The minimum absolute atomic E-state index is 0.360. The lowest BCUT2D eigenvalue weighted by molar-refractivity contribution is 0.100. The highest BCUT2D eigenvalue weighted by Crippen LogP contribution is 2.33. The number of carbonyl (C=O) groups excluding carboxylic acids is 1. The summed E-state index contributed by atoms with van der Waals surface area (Å²) >= 11 is 0. The van der Waals surface area contributed by atoms with Crippen molar-refractivity contribution in [2.45, 2.75) is 25.7 Å². The van der Waals surface area contributed by atoms with Crippen LogP contribution in [0.3, 0.4) is 0 Å². The van der Waals surface area contributed by atoms with Gasteiger partial charge in [-0.15, -0.1) is 0 Å². The molecule has 0 fully saturated rings. The van der Waals surface area contributed by atoms with Crippen molar-refractivity contribution in [3.05, 3.63) is 41.2 Å². The average Bonchev–Trinajstić information content (AvgIpc) is 2.67. The number of aryl methyl sites for hydroxylation is 1. The number of hydrogen-bond acceptors (Lipinski definition) is 2. The maximum atomic E-state index is 11.2. The highest BCUT2D eigenvalue weighted by atomic mass is 16.1. The molecule has 1 aliphatic heterocycles. The van der Waals surface area contributed by atoms with E-state index in [0.29, 0.717) is 5.56 Å². The molecule has 0 saturated heterocycles.